The van der Waals surface area contributed by atoms with Gasteiger partial charge in [-0.2, -0.15) is 0 Å². The van der Waals surface area contributed by atoms with E-state index in [0.29, 0.717) is 5.96 Å². The summed E-state index contributed by atoms with van der Waals surface area (Å²) in [5, 5.41) is 3.24. The molecule has 0 radical (unpaired) electrons. The first-order chi connectivity index (χ1) is 10.3. The summed E-state index contributed by atoms with van der Waals surface area (Å²) in [5.41, 5.74) is 8.88. The van der Waals surface area contributed by atoms with Crippen molar-refractivity contribution in [1.82, 2.24) is 10.2 Å². The van der Waals surface area contributed by atoms with Gasteiger partial charge in [0.25, 0.3) is 0 Å². The minimum absolute atomic E-state index is 0.610. The Morgan fingerprint density at radius 3 is 2.86 bits per heavy atom. The molecule has 3 rings (SSSR count). The summed E-state index contributed by atoms with van der Waals surface area (Å²) in [6.45, 7) is 4.99. The number of rotatable bonds is 5. The van der Waals surface area contributed by atoms with Gasteiger partial charge < -0.3 is 11.1 Å². The highest BCUT2D eigenvalue weighted by molar-refractivity contribution is 5.77. The van der Waals surface area contributed by atoms with Crippen LogP contribution in [0, 0.1) is 5.92 Å². The van der Waals surface area contributed by atoms with E-state index in [9.17, 15) is 0 Å². The maximum atomic E-state index is 5.91. The summed E-state index contributed by atoms with van der Waals surface area (Å²) < 4.78 is 0. The lowest BCUT2D eigenvalue weighted by atomic mass is 9.86. The third kappa shape index (κ3) is 3.97. The van der Waals surface area contributed by atoms with Crippen LogP contribution in [0.2, 0.25) is 0 Å². The lowest BCUT2D eigenvalue weighted by Gasteiger charge is -2.28. The number of fused-ring (bicyclic) bond motifs is 1. The van der Waals surface area contributed by atoms with E-state index >= 15 is 0 Å². The molecular formula is C17H26N4. The third-order valence-corrected chi connectivity index (χ3v) is 4.69. The molecule has 21 heavy (non-hydrogen) atoms. The second kappa shape index (κ2) is 6.94. The molecule has 1 aliphatic carbocycles. The molecule has 2 aliphatic rings. The lowest BCUT2D eigenvalue weighted by molar-refractivity contribution is 0.258. The van der Waals surface area contributed by atoms with E-state index in [2.05, 4.69) is 39.5 Å². The van der Waals surface area contributed by atoms with E-state index in [0.717, 1.165) is 45.1 Å². The summed E-state index contributed by atoms with van der Waals surface area (Å²) >= 11 is 0. The average molecular weight is 286 g/mol. The number of nitrogens with one attached hydrogen (secondary N) is 1. The van der Waals surface area contributed by atoms with E-state index in [4.69, 9.17) is 5.73 Å². The van der Waals surface area contributed by atoms with E-state index in [-0.39, 0.29) is 0 Å². The van der Waals surface area contributed by atoms with Gasteiger partial charge in [-0.25, -0.2) is 0 Å². The molecule has 1 aromatic carbocycles. The molecule has 1 aromatic rings. The van der Waals surface area contributed by atoms with Gasteiger partial charge in [0.1, 0.15) is 0 Å². The van der Waals surface area contributed by atoms with Crippen LogP contribution in [-0.4, -0.2) is 37.0 Å². The Kier molecular flexibility index (Phi) is 4.76. The Hall–Kier alpha value is -1.55. The molecule has 1 saturated carbocycles. The monoisotopic (exact) mass is 286 g/mol. The largest absolute Gasteiger partial charge is 0.370 e. The normalized spacial score (nSPS) is 19.9. The minimum Gasteiger partial charge on any atom is -0.370 e. The molecule has 4 heteroatoms. The minimum atomic E-state index is 0.610. The smallest absolute Gasteiger partial charge is 0.188 e. The maximum absolute atomic E-state index is 5.91. The molecule has 114 valence electrons. The van der Waals surface area contributed by atoms with Crippen molar-refractivity contribution < 1.29 is 0 Å². The predicted molar refractivity (Wildman–Crippen MR) is 87.3 cm³/mol. The zero-order valence-corrected chi connectivity index (χ0v) is 12.7. The van der Waals surface area contributed by atoms with Gasteiger partial charge in [-0.05, 0) is 36.3 Å². The first kappa shape index (κ1) is 14.4. The van der Waals surface area contributed by atoms with Crippen LogP contribution in [0.1, 0.15) is 30.4 Å². The zero-order chi connectivity index (χ0) is 14.5. The molecule has 1 heterocycles. The van der Waals surface area contributed by atoms with Gasteiger partial charge in [0.2, 0.25) is 0 Å². The molecule has 4 nitrogen and oxygen atoms in total. The number of guanidine groups is 1. The predicted octanol–water partition coefficient (Wildman–Crippen LogP) is 1.75. The molecule has 0 aromatic heterocycles. The Balaban J connectivity index is 1.38. The molecule has 0 bridgehead atoms. The molecule has 1 aliphatic heterocycles. The molecule has 3 N–H and O–H groups in total. The number of aliphatic imine (C=N–C) groups is 1. The van der Waals surface area contributed by atoms with Crippen LogP contribution in [0.5, 0.6) is 0 Å². The van der Waals surface area contributed by atoms with Crippen LogP contribution in [-0.2, 0) is 13.0 Å². The Morgan fingerprint density at radius 1 is 1.29 bits per heavy atom. The van der Waals surface area contributed by atoms with Crippen LogP contribution >= 0.6 is 0 Å². The zero-order valence-electron chi connectivity index (χ0n) is 12.7. The quantitative estimate of drug-likeness (QED) is 0.640. The number of nitrogens with two attached hydrogens (primary N) is 1. The first-order valence-electron chi connectivity index (χ1n) is 8.14. The van der Waals surface area contributed by atoms with Crippen molar-refractivity contribution in [1.29, 1.82) is 0 Å². The Morgan fingerprint density at radius 2 is 2.10 bits per heavy atom. The van der Waals surface area contributed by atoms with Crippen molar-refractivity contribution in [3.8, 4) is 0 Å². The van der Waals surface area contributed by atoms with Gasteiger partial charge in [0.15, 0.2) is 5.96 Å². The van der Waals surface area contributed by atoms with Crippen molar-refractivity contribution in [2.75, 3.05) is 26.2 Å². The highest BCUT2D eigenvalue weighted by Gasteiger charge is 2.17. The highest BCUT2D eigenvalue weighted by Crippen LogP contribution is 2.26. The molecule has 0 unspecified atom stereocenters. The Bertz CT molecular complexity index is 493. The molecule has 1 fully saturated rings. The fourth-order valence-corrected chi connectivity index (χ4v) is 3.05. The van der Waals surface area contributed by atoms with Gasteiger partial charge >= 0.3 is 0 Å². The van der Waals surface area contributed by atoms with Crippen molar-refractivity contribution >= 4 is 5.96 Å². The fraction of sp³-hybridized carbons (Fsp3) is 0.588. The van der Waals surface area contributed by atoms with Crippen LogP contribution < -0.4 is 11.1 Å². The van der Waals surface area contributed by atoms with Crippen LogP contribution in [0.3, 0.4) is 0 Å². The summed E-state index contributed by atoms with van der Waals surface area (Å²) in [6.07, 6.45) is 5.17. The number of hydrogen-bond acceptors (Lipinski definition) is 2. The summed E-state index contributed by atoms with van der Waals surface area (Å²) in [6, 6.07) is 8.75. The van der Waals surface area contributed by atoms with E-state index in [1.54, 1.807) is 0 Å². The summed E-state index contributed by atoms with van der Waals surface area (Å²) in [4.78, 5) is 6.91. The fourth-order valence-electron chi connectivity index (χ4n) is 3.05. The average Bonchev–Trinajstić information content (AvgIpc) is 2.45. The van der Waals surface area contributed by atoms with Crippen molar-refractivity contribution in [3.05, 3.63) is 35.4 Å². The number of hydrogen-bond donors (Lipinski definition) is 2. The van der Waals surface area contributed by atoms with Crippen molar-refractivity contribution in [2.24, 2.45) is 16.6 Å². The molecule has 0 spiro atoms. The molecular weight excluding hydrogens is 260 g/mol. The van der Waals surface area contributed by atoms with Gasteiger partial charge in [0.05, 0.1) is 0 Å². The van der Waals surface area contributed by atoms with Gasteiger partial charge in [-0.15, -0.1) is 0 Å². The maximum Gasteiger partial charge on any atom is 0.188 e. The molecule has 0 atom stereocenters. The number of nitrogens with zero attached hydrogens (tertiary/aromatic N) is 2. The Labute approximate surface area is 127 Å². The third-order valence-electron chi connectivity index (χ3n) is 4.69. The number of benzene rings is 1. The van der Waals surface area contributed by atoms with Gasteiger partial charge in [-0.3, -0.25) is 9.89 Å². The van der Waals surface area contributed by atoms with E-state index in [1.165, 1.54) is 30.4 Å². The highest BCUT2D eigenvalue weighted by atomic mass is 15.2. The van der Waals surface area contributed by atoms with E-state index in [1.807, 2.05) is 0 Å². The van der Waals surface area contributed by atoms with Gasteiger partial charge in [-0.1, -0.05) is 30.7 Å². The first-order valence-corrected chi connectivity index (χ1v) is 8.14. The molecule has 0 saturated heterocycles. The van der Waals surface area contributed by atoms with Gasteiger partial charge in [0, 0.05) is 32.7 Å². The van der Waals surface area contributed by atoms with E-state index < -0.39 is 0 Å². The SMILES string of the molecule is NC(=NCC1CCC1)NCCN1CCc2ccccc2C1. The summed E-state index contributed by atoms with van der Waals surface area (Å²) in [5.74, 6) is 1.39. The van der Waals surface area contributed by atoms with Crippen molar-refractivity contribution in [3.63, 3.8) is 0 Å². The standard InChI is InChI=1S/C17H26N4/c18-17(20-12-14-4-3-5-14)19-9-11-21-10-8-15-6-1-2-7-16(15)13-21/h1-2,6-7,14H,3-5,8-13H2,(H3,18,19,20). The second-order valence-electron chi connectivity index (χ2n) is 6.24. The van der Waals surface area contributed by atoms with Crippen LogP contribution in [0.25, 0.3) is 0 Å². The second-order valence-corrected chi connectivity index (χ2v) is 6.24. The molecule has 0 amide bonds. The summed E-state index contributed by atoms with van der Waals surface area (Å²) in [7, 11) is 0. The van der Waals surface area contributed by atoms with Crippen LogP contribution in [0.4, 0.5) is 0 Å². The lowest BCUT2D eigenvalue weighted by Crippen LogP contribution is -2.40. The van der Waals surface area contributed by atoms with Crippen molar-refractivity contribution in [2.45, 2.75) is 32.2 Å². The topological polar surface area (TPSA) is 53.6 Å². The van der Waals surface area contributed by atoms with Crippen LogP contribution in [0.15, 0.2) is 29.3 Å².